The highest BCUT2D eigenvalue weighted by atomic mass is 32.1. The lowest BCUT2D eigenvalue weighted by Gasteiger charge is -2.16. The average Bonchev–Trinajstić information content (AvgIpc) is 2.98. The summed E-state index contributed by atoms with van der Waals surface area (Å²) < 4.78 is 13.9. The van der Waals surface area contributed by atoms with Crippen LogP contribution in [0.5, 0.6) is 0 Å². The molecule has 1 aromatic heterocycles. The summed E-state index contributed by atoms with van der Waals surface area (Å²) in [5.74, 6) is -0.819. The van der Waals surface area contributed by atoms with E-state index in [1.807, 2.05) is 31.4 Å². The van der Waals surface area contributed by atoms with Crippen molar-refractivity contribution in [2.75, 3.05) is 0 Å². The zero-order chi connectivity index (χ0) is 16.1. The first-order valence-electron chi connectivity index (χ1n) is 7.26. The molecule has 0 unspecified atom stereocenters. The number of hydrogen-bond acceptors (Lipinski definition) is 3. The molecule has 0 aliphatic rings. The van der Waals surface area contributed by atoms with Gasteiger partial charge < -0.3 is 10.4 Å². The van der Waals surface area contributed by atoms with Gasteiger partial charge in [0.05, 0.1) is 0 Å². The number of thiophene rings is 1. The lowest BCUT2D eigenvalue weighted by atomic mass is 10.0. The molecule has 0 saturated carbocycles. The minimum Gasteiger partial charge on any atom is -0.480 e. The first-order chi connectivity index (χ1) is 10.5. The van der Waals surface area contributed by atoms with Crippen molar-refractivity contribution < 1.29 is 14.3 Å². The lowest BCUT2D eigenvalue weighted by Crippen LogP contribution is -2.37. The van der Waals surface area contributed by atoms with Crippen LogP contribution >= 0.6 is 11.3 Å². The average molecular weight is 321 g/mol. The van der Waals surface area contributed by atoms with Gasteiger partial charge in [-0.1, -0.05) is 26.0 Å². The highest BCUT2D eigenvalue weighted by Gasteiger charge is 2.18. The monoisotopic (exact) mass is 321 g/mol. The Labute approximate surface area is 133 Å². The number of benzene rings is 1. The minimum atomic E-state index is -0.853. The van der Waals surface area contributed by atoms with Crippen molar-refractivity contribution in [3.05, 3.63) is 47.1 Å². The van der Waals surface area contributed by atoms with Gasteiger partial charge in [0.25, 0.3) is 0 Å². The van der Waals surface area contributed by atoms with E-state index in [0.29, 0.717) is 24.4 Å². The molecule has 0 fully saturated rings. The van der Waals surface area contributed by atoms with Crippen molar-refractivity contribution in [2.45, 2.75) is 32.9 Å². The van der Waals surface area contributed by atoms with Crippen LogP contribution < -0.4 is 5.32 Å². The van der Waals surface area contributed by atoms with Crippen LogP contribution in [-0.2, 0) is 11.3 Å². The molecule has 5 heteroatoms. The lowest BCUT2D eigenvalue weighted by molar-refractivity contribution is -0.140. The van der Waals surface area contributed by atoms with Gasteiger partial charge in [-0.15, -0.1) is 11.3 Å². The number of hydrogen-bond donors (Lipinski definition) is 2. The summed E-state index contributed by atoms with van der Waals surface area (Å²) in [7, 11) is 0. The Morgan fingerprint density at radius 3 is 2.73 bits per heavy atom. The quantitative estimate of drug-likeness (QED) is 0.805. The van der Waals surface area contributed by atoms with Gasteiger partial charge in [-0.05, 0) is 41.5 Å². The van der Waals surface area contributed by atoms with Gasteiger partial charge in [0.15, 0.2) is 0 Å². The van der Waals surface area contributed by atoms with E-state index in [9.17, 15) is 14.3 Å². The summed E-state index contributed by atoms with van der Waals surface area (Å²) in [6.07, 6.45) is 0.564. The van der Waals surface area contributed by atoms with E-state index < -0.39 is 12.0 Å². The molecule has 2 aromatic rings. The molecular formula is C17H20FNO2S. The SMILES string of the molecule is CC(C)C[C@H](NCc1ccc(F)c(-c2cccs2)c1)C(=O)O. The van der Waals surface area contributed by atoms with Gasteiger partial charge in [-0.2, -0.15) is 0 Å². The number of rotatable bonds is 7. The van der Waals surface area contributed by atoms with Crippen LogP contribution in [0.2, 0.25) is 0 Å². The third-order valence-electron chi connectivity index (χ3n) is 3.38. The first-order valence-corrected chi connectivity index (χ1v) is 8.14. The summed E-state index contributed by atoms with van der Waals surface area (Å²) in [5.41, 5.74) is 1.44. The van der Waals surface area contributed by atoms with Crippen LogP contribution in [-0.4, -0.2) is 17.1 Å². The standard InChI is InChI=1S/C17H20FNO2S/c1-11(2)8-15(17(20)21)19-10-12-5-6-14(18)13(9-12)16-4-3-7-22-16/h3-7,9,11,15,19H,8,10H2,1-2H3,(H,20,21)/t15-/m0/s1. The van der Waals surface area contributed by atoms with E-state index >= 15 is 0 Å². The Kier molecular flexibility index (Phi) is 5.69. The fraction of sp³-hybridized carbons (Fsp3) is 0.353. The predicted molar refractivity (Wildman–Crippen MR) is 87.4 cm³/mol. The molecule has 2 rings (SSSR count). The second kappa shape index (κ2) is 7.51. The van der Waals surface area contributed by atoms with Gasteiger partial charge >= 0.3 is 5.97 Å². The smallest absolute Gasteiger partial charge is 0.320 e. The summed E-state index contributed by atoms with van der Waals surface area (Å²) in [6.45, 7) is 4.39. The van der Waals surface area contributed by atoms with Gasteiger partial charge in [0, 0.05) is 17.0 Å². The third-order valence-corrected chi connectivity index (χ3v) is 4.28. The number of carboxylic acids is 1. The Bertz CT molecular complexity index is 626. The topological polar surface area (TPSA) is 49.3 Å². The molecule has 2 N–H and O–H groups in total. The second-order valence-electron chi connectivity index (χ2n) is 5.69. The van der Waals surface area contributed by atoms with Crippen LogP contribution in [0.1, 0.15) is 25.8 Å². The predicted octanol–water partition coefficient (Wildman–Crippen LogP) is 4.14. The molecule has 0 radical (unpaired) electrons. The number of nitrogens with one attached hydrogen (secondary N) is 1. The minimum absolute atomic E-state index is 0.261. The summed E-state index contributed by atoms with van der Waals surface area (Å²) in [6, 6.07) is 8.07. The Balaban J connectivity index is 2.10. The maximum absolute atomic E-state index is 13.9. The summed E-state index contributed by atoms with van der Waals surface area (Å²) in [4.78, 5) is 12.1. The molecule has 1 heterocycles. The van der Waals surface area contributed by atoms with Crippen LogP contribution in [0.4, 0.5) is 4.39 Å². The molecule has 22 heavy (non-hydrogen) atoms. The van der Waals surface area contributed by atoms with Crippen molar-refractivity contribution in [3.8, 4) is 10.4 Å². The number of halogens is 1. The number of aliphatic carboxylic acids is 1. The van der Waals surface area contributed by atoms with E-state index in [0.717, 1.165) is 10.4 Å². The van der Waals surface area contributed by atoms with E-state index in [1.54, 1.807) is 12.1 Å². The highest BCUT2D eigenvalue weighted by Crippen LogP contribution is 2.28. The fourth-order valence-electron chi connectivity index (χ4n) is 2.29. The first kappa shape index (κ1) is 16.6. The Hall–Kier alpha value is -1.72. The second-order valence-corrected chi connectivity index (χ2v) is 6.64. The Morgan fingerprint density at radius 1 is 1.36 bits per heavy atom. The van der Waals surface area contributed by atoms with Crippen molar-refractivity contribution in [2.24, 2.45) is 5.92 Å². The van der Waals surface area contributed by atoms with Crippen LogP contribution in [0.3, 0.4) is 0 Å². The molecule has 0 aliphatic carbocycles. The molecule has 0 saturated heterocycles. The fourth-order valence-corrected chi connectivity index (χ4v) is 3.03. The number of carboxylic acid groups (broad SMARTS) is 1. The molecule has 1 aromatic carbocycles. The van der Waals surface area contributed by atoms with E-state index in [-0.39, 0.29) is 5.82 Å². The largest absolute Gasteiger partial charge is 0.480 e. The molecule has 0 spiro atoms. The molecule has 3 nitrogen and oxygen atoms in total. The van der Waals surface area contributed by atoms with Crippen LogP contribution in [0.15, 0.2) is 35.7 Å². The van der Waals surface area contributed by atoms with Crippen LogP contribution in [0.25, 0.3) is 10.4 Å². The molecule has 0 bridgehead atoms. The van der Waals surface area contributed by atoms with Crippen molar-refractivity contribution in [3.63, 3.8) is 0 Å². The normalized spacial score (nSPS) is 12.5. The summed E-state index contributed by atoms with van der Waals surface area (Å²) in [5, 5.41) is 14.2. The summed E-state index contributed by atoms with van der Waals surface area (Å²) >= 11 is 1.48. The highest BCUT2D eigenvalue weighted by molar-refractivity contribution is 7.13. The Morgan fingerprint density at radius 2 is 2.14 bits per heavy atom. The third kappa shape index (κ3) is 4.39. The van der Waals surface area contributed by atoms with E-state index in [2.05, 4.69) is 5.32 Å². The maximum atomic E-state index is 13.9. The van der Waals surface area contributed by atoms with E-state index in [1.165, 1.54) is 17.4 Å². The van der Waals surface area contributed by atoms with Crippen molar-refractivity contribution >= 4 is 17.3 Å². The van der Waals surface area contributed by atoms with Crippen LogP contribution in [0, 0.1) is 11.7 Å². The molecular weight excluding hydrogens is 301 g/mol. The molecule has 1 atom stereocenters. The zero-order valence-corrected chi connectivity index (χ0v) is 13.5. The maximum Gasteiger partial charge on any atom is 0.320 e. The number of carbonyl (C=O) groups is 1. The molecule has 0 amide bonds. The van der Waals surface area contributed by atoms with E-state index in [4.69, 9.17) is 0 Å². The van der Waals surface area contributed by atoms with Gasteiger partial charge in [-0.25, -0.2) is 4.39 Å². The zero-order valence-electron chi connectivity index (χ0n) is 12.7. The van der Waals surface area contributed by atoms with Gasteiger partial charge in [0.2, 0.25) is 0 Å². The van der Waals surface area contributed by atoms with Gasteiger partial charge in [0.1, 0.15) is 11.9 Å². The van der Waals surface area contributed by atoms with Gasteiger partial charge in [-0.3, -0.25) is 4.79 Å². The van der Waals surface area contributed by atoms with Crippen molar-refractivity contribution in [1.29, 1.82) is 0 Å². The molecule has 118 valence electrons. The van der Waals surface area contributed by atoms with Crippen molar-refractivity contribution in [1.82, 2.24) is 5.32 Å². The molecule has 0 aliphatic heterocycles.